The Bertz CT molecular complexity index is 983. The number of aromatic nitrogens is 3. The Morgan fingerprint density at radius 2 is 1.81 bits per heavy atom. The van der Waals surface area contributed by atoms with Crippen LogP contribution in [0.5, 0.6) is 0 Å². The Kier molecular flexibility index (Phi) is 5.78. The highest BCUT2D eigenvalue weighted by Crippen LogP contribution is 2.23. The van der Waals surface area contributed by atoms with Crippen LogP contribution in [0.2, 0.25) is 0 Å². The molecule has 0 aliphatic heterocycles. The van der Waals surface area contributed by atoms with Gasteiger partial charge >= 0.3 is 12.1 Å². The number of amides is 1. The first kappa shape index (κ1) is 19.9. The summed E-state index contributed by atoms with van der Waals surface area (Å²) >= 11 is 0. The number of alkyl halides is 3. The Morgan fingerprint density at radius 3 is 2.37 bits per heavy atom. The van der Waals surface area contributed by atoms with Gasteiger partial charge in [0.05, 0.1) is 11.2 Å². The van der Waals surface area contributed by atoms with Gasteiger partial charge in [0.1, 0.15) is 0 Å². The molecule has 3 rings (SSSR count). The van der Waals surface area contributed by atoms with Crippen molar-refractivity contribution in [1.82, 2.24) is 15.0 Å². The van der Waals surface area contributed by atoms with Crippen molar-refractivity contribution >= 4 is 28.5 Å². The number of pyridine rings is 1. The minimum Gasteiger partial charge on any atom is -0.475 e. The Balaban J connectivity index is 0.000000321. The van der Waals surface area contributed by atoms with Crippen LogP contribution in [0, 0.1) is 13.8 Å². The number of aryl methyl sites for hydroxylation is 2. The largest absolute Gasteiger partial charge is 0.490 e. The maximum absolute atomic E-state index is 12.2. The highest BCUT2D eigenvalue weighted by Gasteiger charge is 2.38. The molecule has 0 aliphatic carbocycles. The standard InChI is InChI=1S/C15H14N4O.C2HF3O2/c1-9-7-13(11-5-3-4-6-12(11)17-9)19-15(20)14-16-8-10(2)18-14;3-2(4,5)1(6)7/h3-8H,1-2H3,(H,16,18)(H,17,19,20);(H,6,7). The number of nitrogens with zero attached hydrogens (tertiary/aromatic N) is 2. The SMILES string of the molecule is Cc1cc(NC(=O)c2ncc(C)[nH]2)c2ccccc2n1.O=C(O)C(F)(F)F. The Hall–Kier alpha value is -3.43. The molecular weight excluding hydrogens is 365 g/mol. The molecule has 0 aliphatic rings. The highest BCUT2D eigenvalue weighted by atomic mass is 19.4. The third kappa shape index (κ3) is 5.27. The summed E-state index contributed by atoms with van der Waals surface area (Å²) in [6.07, 6.45) is -3.45. The fourth-order valence-corrected chi connectivity index (χ4v) is 2.12. The molecule has 0 fully saturated rings. The van der Waals surface area contributed by atoms with Gasteiger partial charge in [-0.05, 0) is 26.0 Å². The lowest BCUT2D eigenvalue weighted by Gasteiger charge is -2.08. The number of aliphatic carboxylic acids is 1. The van der Waals surface area contributed by atoms with Crippen LogP contribution < -0.4 is 5.32 Å². The van der Waals surface area contributed by atoms with Crippen LogP contribution in [0.15, 0.2) is 36.5 Å². The molecule has 0 radical (unpaired) electrons. The summed E-state index contributed by atoms with van der Waals surface area (Å²) in [5.74, 6) is -2.71. The van der Waals surface area contributed by atoms with Crippen molar-refractivity contribution in [1.29, 1.82) is 0 Å². The van der Waals surface area contributed by atoms with E-state index < -0.39 is 12.1 Å². The van der Waals surface area contributed by atoms with Gasteiger partial charge in [-0.3, -0.25) is 9.78 Å². The summed E-state index contributed by atoms with van der Waals surface area (Å²) in [6, 6.07) is 9.57. The molecule has 10 heteroatoms. The number of benzene rings is 1. The smallest absolute Gasteiger partial charge is 0.475 e. The van der Waals surface area contributed by atoms with E-state index in [0.29, 0.717) is 5.82 Å². The van der Waals surface area contributed by atoms with E-state index in [9.17, 15) is 18.0 Å². The summed E-state index contributed by atoms with van der Waals surface area (Å²) in [7, 11) is 0. The van der Waals surface area contributed by atoms with E-state index >= 15 is 0 Å². The van der Waals surface area contributed by atoms with Gasteiger partial charge in [0.25, 0.3) is 5.91 Å². The number of carbonyl (C=O) groups is 2. The molecule has 0 saturated heterocycles. The van der Waals surface area contributed by atoms with Crippen molar-refractivity contribution in [2.24, 2.45) is 0 Å². The number of aromatic amines is 1. The van der Waals surface area contributed by atoms with Gasteiger partial charge in [-0.1, -0.05) is 18.2 Å². The first-order valence-corrected chi connectivity index (χ1v) is 7.57. The van der Waals surface area contributed by atoms with Crippen molar-refractivity contribution in [3.05, 3.63) is 53.7 Å². The van der Waals surface area contributed by atoms with Crippen LogP contribution in [-0.2, 0) is 4.79 Å². The molecule has 0 saturated carbocycles. The molecule has 2 aromatic heterocycles. The molecule has 27 heavy (non-hydrogen) atoms. The van der Waals surface area contributed by atoms with Crippen LogP contribution in [0.4, 0.5) is 18.9 Å². The molecule has 0 spiro atoms. The van der Waals surface area contributed by atoms with Crippen molar-refractivity contribution < 1.29 is 27.9 Å². The fraction of sp³-hybridized carbons (Fsp3) is 0.176. The maximum atomic E-state index is 12.2. The summed E-state index contributed by atoms with van der Waals surface area (Å²) in [5, 5.41) is 10.9. The number of H-pyrrole nitrogens is 1. The Morgan fingerprint density at radius 1 is 1.19 bits per heavy atom. The summed E-state index contributed by atoms with van der Waals surface area (Å²) < 4.78 is 31.7. The van der Waals surface area contributed by atoms with Gasteiger partial charge in [-0.15, -0.1) is 0 Å². The number of para-hydroxylation sites is 1. The van der Waals surface area contributed by atoms with Gasteiger partial charge in [0.15, 0.2) is 5.82 Å². The van der Waals surface area contributed by atoms with Crippen LogP contribution in [0.25, 0.3) is 10.9 Å². The van der Waals surface area contributed by atoms with Gasteiger partial charge in [0, 0.05) is 23.0 Å². The minimum absolute atomic E-state index is 0.256. The van der Waals surface area contributed by atoms with E-state index in [1.807, 2.05) is 44.2 Å². The van der Waals surface area contributed by atoms with Gasteiger partial charge < -0.3 is 15.4 Å². The second-order valence-electron chi connectivity index (χ2n) is 5.50. The average molecular weight is 380 g/mol. The quantitative estimate of drug-likeness (QED) is 0.631. The number of carboxylic acids is 1. The summed E-state index contributed by atoms with van der Waals surface area (Å²) in [5.41, 5.74) is 3.31. The number of imidazole rings is 1. The number of hydrogen-bond acceptors (Lipinski definition) is 4. The van der Waals surface area contributed by atoms with Crippen molar-refractivity contribution in [3.63, 3.8) is 0 Å². The molecule has 0 unspecified atom stereocenters. The first-order valence-electron chi connectivity index (χ1n) is 7.57. The number of fused-ring (bicyclic) bond motifs is 1. The Labute approximate surface area is 151 Å². The van der Waals surface area contributed by atoms with Crippen LogP contribution in [0.1, 0.15) is 22.0 Å². The number of carbonyl (C=O) groups excluding carboxylic acids is 1. The van der Waals surface area contributed by atoms with Crippen molar-refractivity contribution in [2.45, 2.75) is 20.0 Å². The zero-order valence-electron chi connectivity index (χ0n) is 14.3. The number of nitrogens with one attached hydrogen (secondary N) is 2. The fourth-order valence-electron chi connectivity index (χ4n) is 2.12. The van der Waals surface area contributed by atoms with Crippen LogP contribution in [-0.4, -0.2) is 38.1 Å². The monoisotopic (exact) mass is 380 g/mol. The molecule has 1 aromatic carbocycles. The van der Waals surface area contributed by atoms with Gasteiger partial charge in [-0.2, -0.15) is 13.2 Å². The van der Waals surface area contributed by atoms with Crippen LogP contribution in [0.3, 0.4) is 0 Å². The number of hydrogen-bond donors (Lipinski definition) is 3. The van der Waals surface area contributed by atoms with E-state index in [2.05, 4.69) is 20.3 Å². The molecule has 3 N–H and O–H groups in total. The first-order chi connectivity index (χ1) is 12.6. The lowest BCUT2D eigenvalue weighted by Crippen LogP contribution is -2.21. The molecular formula is C17H15F3N4O3. The van der Waals surface area contributed by atoms with E-state index in [-0.39, 0.29) is 5.91 Å². The van der Waals surface area contributed by atoms with Gasteiger partial charge in [-0.25, -0.2) is 9.78 Å². The van der Waals surface area contributed by atoms with Crippen molar-refractivity contribution in [3.8, 4) is 0 Å². The highest BCUT2D eigenvalue weighted by molar-refractivity contribution is 6.06. The normalized spacial score (nSPS) is 10.9. The number of halogens is 3. The molecule has 0 atom stereocenters. The number of rotatable bonds is 2. The average Bonchev–Trinajstić information content (AvgIpc) is 3.01. The molecule has 0 bridgehead atoms. The molecule has 7 nitrogen and oxygen atoms in total. The zero-order valence-corrected chi connectivity index (χ0v) is 14.3. The molecule has 3 aromatic rings. The molecule has 142 valence electrons. The third-order valence-electron chi connectivity index (χ3n) is 3.25. The van der Waals surface area contributed by atoms with Crippen LogP contribution >= 0.6 is 0 Å². The topological polar surface area (TPSA) is 108 Å². The minimum atomic E-state index is -5.08. The predicted molar refractivity (Wildman–Crippen MR) is 91.4 cm³/mol. The lowest BCUT2D eigenvalue weighted by molar-refractivity contribution is -0.192. The predicted octanol–water partition coefficient (Wildman–Crippen LogP) is 3.46. The number of carboxylic acid groups (broad SMARTS) is 1. The van der Waals surface area contributed by atoms with Gasteiger partial charge in [0.2, 0.25) is 0 Å². The maximum Gasteiger partial charge on any atom is 0.490 e. The third-order valence-corrected chi connectivity index (χ3v) is 3.25. The van der Waals surface area contributed by atoms with E-state index in [1.165, 1.54) is 0 Å². The van der Waals surface area contributed by atoms with E-state index in [1.54, 1.807) is 6.20 Å². The lowest BCUT2D eigenvalue weighted by atomic mass is 10.1. The summed E-state index contributed by atoms with van der Waals surface area (Å²) in [6.45, 7) is 3.76. The second-order valence-corrected chi connectivity index (χ2v) is 5.50. The summed E-state index contributed by atoms with van der Waals surface area (Å²) in [4.78, 5) is 32.4. The second kappa shape index (κ2) is 7.85. The van der Waals surface area contributed by atoms with E-state index in [0.717, 1.165) is 28.0 Å². The zero-order chi connectivity index (χ0) is 20.2. The van der Waals surface area contributed by atoms with E-state index in [4.69, 9.17) is 9.90 Å². The molecule has 1 amide bonds. The number of anilines is 1. The van der Waals surface area contributed by atoms with Crippen molar-refractivity contribution in [2.75, 3.05) is 5.32 Å². The molecule has 2 heterocycles.